The number of amides is 1. The van der Waals surface area contributed by atoms with E-state index in [1.165, 1.54) is 16.9 Å². The van der Waals surface area contributed by atoms with Gasteiger partial charge in [-0.1, -0.05) is 0 Å². The van der Waals surface area contributed by atoms with E-state index in [4.69, 9.17) is 4.74 Å². The fraction of sp³-hybridized carbons (Fsp3) is 0.474. The van der Waals surface area contributed by atoms with Gasteiger partial charge in [0.15, 0.2) is 0 Å². The van der Waals surface area contributed by atoms with E-state index in [2.05, 4.69) is 11.4 Å². The molecule has 0 bridgehead atoms. The second-order valence-electron chi connectivity index (χ2n) is 6.88. The fourth-order valence-corrected chi connectivity index (χ4v) is 5.81. The predicted molar refractivity (Wildman–Crippen MR) is 101 cm³/mol. The number of rotatable bonds is 4. The number of likely N-dealkylation sites (tertiary alicyclic amines) is 1. The SMILES string of the molecule is O=C(O)c1cc2c(s1)C1(CCN(C(=O)CCc3ccsc3)CC1)OCC2. The van der Waals surface area contributed by atoms with Crippen molar-refractivity contribution in [1.29, 1.82) is 0 Å². The van der Waals surface area contributed by atoms with Gasteiger partial charge in [-0.05, 0) is 59.7 Å². The van der Waals surface area contributed by atoms with Crippen LogP contribution in [0.1, 0.15) is 44.9 Å². The number of piperidine rings is 1. The highest BCUT2D eigenvalue weighted by Crippen LogP contribution is 2.45. The van der Waals surface area contributed by atoms with E-state index in [1.807, 2.05) is 10.3 Å². The first-order valence-electron chi connectivity index (χ1n) is 8.87. The average molecular weight is 392 g/mol. The molecule has 1 amide bonds. The van der Waals surface area contributed by atoms with Gasteiger partial charge in [-0.25, -0.2) is 4.79 Å². The van der Waals surface area contributed by atoms with E-state index in [0.29, 0.717) is 31.0 Å². The second kappa shape index (κ2) is 7.13. The van der Waals surface area contributed by atoms with Crippen LogP contribution in [0, 0.1) is 0 Å². The molecule has 5 nitrogen and oxygen atoms in total. The van der Waals surface area contributed by atoms with Gasteiger partial charge in [0.1, 0.15) is 10.5 Å². The Labute approximate surface area is 160 Å². The van der Waals surface area contributed by atoms with Crippen LogP contribution in [0.4, 0.5) is 0 Å². The molecule has 0 radical (unpaired) electrons. The molecule has 1 N–H and O–H groups in total. The first kappa shape index (κ1) is 17.7. The van der Waals surface area contributed by atoms with Crippen molar-refractivity contribution in [1.82, 2.24) is 4.90 Å². The minimum atomic E-state index is -0.874. The van der Waals surface area contributed by atoms with E-state index in [0.717, 1.165) is 36.1 Å². The Morgan fingerprint density at radius 2 is 2.12 bits per heavy atom. The number of hydrogen-bond donors (Lipinski definition) is 1. The number of hydrogen-bond acceptors (Lipinski definition) is 5. The predicted octanol–water partition coefficient (Wildman–Crippen LogP) is 3.53. The molecule has 0 saturated carbocycles. The van der Waals surface area contributed by atoms with Gasteiger partial charge in [0.2, 0.25) is 5.91 Å². The Hall–Kier alpha value is -1.70. The molecule has 26 heavy (non-hydrogen) atoms. The highest BCUT2D eigenvalue weighted by atomic mass is 32.1. The molecule has 1 fully saturated rings. The summed E-state index contributed by atoms with van der Waals surface area (Å²) in [5.41, 5.74) is 1.92. The lowest BCUT2D eigenvalue weighted by Crippen LogP contribution is -2.47. The molecule has 0 aromatic carbocycles. The van der Waals surface area contributed by atoms with Crippen LogP contribution in [0.5, 0.6) is 0 Å². The Bertz CT molecular complexity index is 804. The molecule has 138 valence electrons. The number of carboxylic acid groups (broad SMARTS) is 1. The molecule has 2 aromatic rings. The maximum Gasteiger partial charge on any atom is 0.345 e. The van der Waals surface area contributed by atoms with Gasteiger partial charge in [-0.2, -0.15) is 11.3 Å². The van der Waals surface area contributed by atoms with Gasteiger partial charge >= 0.3 is 5.97 Å². The summed E-state index contributed by atoms with van der Waals surface area (Å²) < 4.78 is 6.15. The number of aryl methyl sites for hydroxylation is 1. The molecule has 0 atom stereocenters. The average Bonchev–Trinajstić information content (AvgIpc) is 3.31. The maximum absolute atomic E-state index is 12.5. The molecule has 0 unspecified atom stereocenters. The van der Waals surface area contributed by atoms with Crippen LogP contribution in [0.15, 0.2) is 22.9 Å². The third kappa shape index (κ3) is 3.31. The van der Waals surface area contributed by atoms with Gasteiger partial charge in [0, 0.05) is 24.4 Å². The summed E-state index contributed by atoms with van der Waals surface area (Å²) in [7, 11) is 0. The molecule has 2 aliphatic heterocycles. The topological polar surface area (TPSA) is 66.8 Å². The van der Waals surface area contributed by atoms with E-state index in [9.17, 15) is 14.7 Å². The van der Waals surface area contributed by atoms with Crippen molar-refractivity contribution in [2.45, 2.75) is 37.7 Å². The van der Waals surface area contributed by atoms with Gasteiger partial charge in [-0.3, -0.25) is 4.79 Å². The molecule has 0 aliphatic carbocycles. The number of carboxylic acids is 1. The van der Waals surface area contributed by atoms with Crippen LogP contribution >= 0.6 is 22.7 Å². The molecule has 4 rings (SSSR count). The Kier molecular flexibility index (Phi) is 4.86. The molecular weight excluding hydrogens is 370 g/mol. The van der Waals surface area contributed by atoms with Crippen LogP contribution in [0.25, 0.3) is 0 Å². The summed E-state index contributed by atoms with van der Waals surface area (Å²) in [6.45, 7) is 1.96. The van der Waals surface area contributed by atoms with Crippen molar-refractivity contribution in [3.8, 4) is 0 Å². The third-order valence-electron chi connectivity index (χ3n) is 5.31. The zero-order valence-electron chi connectivity index (χ0n) is 14.4. The summed E-state index contributed by atoms with van der Waals surface area (Å²) in [5.74, 6) is -0.680. The Morgan fingerprint density at radius 3 is 2.81 bits per heavy atom. The van der Waals surface area contributed by atoms with E-state index < -0.39 is 11.6 Å². The molecule has 4 heterocycles. The summed E-state index contributed by atoms with van der Waals surface area (Å²) in [4.78, 5) is 27.2. The van der Waals surface area contributed by atoms with Crippen molar-refractivity contribution >= 4 is 34.6 Å². The molecule has 7 heteroatoms. The Balaban J connectivity index is 1.42. The number of ether oxygens (including phenoxy) is 1. The van der Waals surface area contributed by atoms with Crippen LogP contribution in [-0.4, -0.2) is 41.6 Å². The minimum absolute atomic E-state index is 0.194. The number of fused-ring (bicyclic) bond motifs is 2. The van der Waals surface area contributed by atoms with Gasteiger partial charge in [0.25, 0.3) is 0 Å². The van der Waals surface area contributed by atoms with Gasteiger partial charge in [0.05, 0.1) is 6.61 Å². The van der Waals surface area contributed by atoms with Gasteiger partial charge in [-0.15, -0.1) is 11.3 Å². The molecular formula is C19H21NO4S2. The first-order chi connectivity index (χ1) is 12.6. The lowest BCUT2D eigenvalue weighted by Gasteiger charge is -2.43. The normalized spacial score (nSPS) is 18.7. The summed E-state index contributed by atoms with van der Waals surface area (Å²) in [5, 5.41) is 13.4. The summed E-state index contributed by atoms with van der Waals surface area (Å²) >= 11 is 3.00. The van der Waals surface area contributed by atoms with Crippen LogP contribution in [0.3, 0.4) is 0 Å². The number of nitrogens with zero attached hydrogens (tertiary/aromatic N) is 1. The number of aromatic carboxylic acids is 1. The maximum atomic E-state index is 12.5. The highest BCUT2D eigenvalue weighted by Gasteiger charge is 2.43. The van der Waals surface area contributed by atoms with Gasteiger partial charge < -0.3 is 14.7 Å². The summed E-state index contributed by atoms with van der Waals surface area (Å²) in [6.07, 6.45) is 3.58. The smallest absolute Gasteiger partial charge is 0.345 e. The number of carbonyl (C=O) groups excluding carboxylic acids is 1. The largest absolute Gasteiger partial charge is 0.477 e. The van der Waals surface area contributed by atoms with Crippen molar-refractivity contribution in [2.24, 2.45) is 0 Å². The molecule has 1 saturated heterocycles. The quantitative estimate of drug-likeness (QED) is 0.866. The third-order valence-corrected chi connectivity index (χ3v) is 7.40. The molecule has 2 aliphatic rings. The zero-order valence-corrected chi connectivity index (χ0v) is 16.0. The number of thiophene rings is 2. The van der Waals surface area contributed by atoms with E-state index >= 15 is 0 Å². The van der Waals surface area contributed by atoms with Crippen molar-refractivity contribution in [3.63, 3.8) is 0 Å². The zero-order chi connectivity index (χ0) is 18.1. The monoisotopic (exact) mass is 391 g/mol. The number of carbonyl (C=O) groups is 2. The first-order valence-corrected chi connectivity index (χ1v) is 10.6. The molecule has 2 aromatic heterocycles. The van der Waals surface area contributed by atoms with Crippen molar-refractivity contribution in [2.75, 3.05) is 19.7 Å². The van der Waals surface area contributed by atoms with Crippen molar-refractivity contribution < 1.29 is 19.4 Å². The van der Waals surface area contributed by atoms with Crippen LogP contribution in [0.2, 0.25) is 0 Å². The van der Waals surface area contributed by atoms with E-state index in [1.54, 1.807) is 17.4 Å². The standard InChI is InChI=1S/C19H21NO4S2/c21-16(2-1-13-4-10-25-12-13)20-7-5-19(6-8-20)17-14(3-9-24-19)11-15(26-17)18(22)23/h4,10-12H,1-3,5-9H2,(H,22,23). The van der Waals surface area contributed by atoms with Crippen molar-refractivity contribution in [3.05, 3.63) is 43.8 Å². The van der Waals surface area contributed by atoms with E-state index in [-0.39, 0.29) is 5.91 Å². The summed E-state index contributed by atoms with van der Waals surface area (Å²) in [6, 6.07) is 3.86. The minimum Gasteiger partial charge on any atom is -0.477 e. The fourth-order valence-electron chi connectivity index (χ4n) is 3.86. The second-order valence-corrected chi connectivity index (χ2v) is 8.71. The van der Waals surface area contributed by atoms with Crippen LogP contribution in [-0.2, 0) is 28.0 Å². The molecule has 1 spiro atoms. The Morgan fingerprint density at radius 1 is 1.31 bits per heavy atom. The van der Waals surface area contributed by atoms with Crippen LogP contribution < -0.4 is 0 Å². The highest BCUT2D eigenvalue weighted by molar-refractivity contribution is 7.14. The lowest BCUT2D eigenvalue weighted by atomic mass is 9.85. The lowest BCUT2D eigenvalue weighted by molar-refractivity contribution is -0.140.